The van der Waals surface area contributed by atoms with Crippen LogP contribution in [0.3, 0.4) is 0 Å². The van der Waals surface area contributed by atoms with Crippen LogP contribution in [0.25, 0.3) is 0 Å². The highest BCUT2D eigenvalue weighted by molar-refractivity contribution is 4.47. The van der Waals surface area contributed by atoms with E-state index in [-0.39, 0.29) is 0 Å². The van der Waals surface area contributed by atoms with Gasteiger partial charge < -0.3 is 11.5 Å². The lowest BCUT2D eigenvalue weighted by molar-refractivity contribution is 0.469. The lowest BCUT2D eigenvalue weighted by atomic mass is 10.0. The van der Waals surface area contributed by atoms with Crippen LogP contribution in [-0.4, -0.2) is 14.1 Å². The van der Waals surface area contributed by atoms with Gasteiger partial charge in [0.25, 0.3) is 0 Å². The van der Waals surface area contributed by atoms with Gasteiger partial charge in [0.05, 0.1) is 0 Å². The summed E-state index contributed by atoms with van der Waals surface area (Å²) in [5.41, 5.74) is 9.50. The normalized spacial score (nSPS) is 8.00. The predicted molar refractivity (Wildman–Crippen MR) is 45.4 cm³/mol. The van der Waals surface area contributed by atoms with Crippen molar-refractivity contribution in [2.24, 2.45) is 16.9 Å². The third kappa shape index (κ3) is 43400. The Labute approximate surface area is 59.6 Å². The summed E-state index contributed by atoms with van der Waals surface area (Å²) in [5, 5.41) is 0. The van der Waals surface area contributed by atoms with E-state index in [0.717, 1.165) is 0 Å². The fourth-order valence-electron chi connectivity index (χ4n) is 0. The predicted octanol–water partition coefficient (Wildman–Crippen LogP) is 1.20. The second-order valence-electron chi connectivity index (χ2n) is 3.00. The SMILES string of the molecule is CC(C)(C)C.CN.CN. The van der Waals surface area contributed by atoms with Gasteiger partial charge in [-0.25, -0.2) is 0 Å². The zero-order valence-electron chi connectivity index (χ0n) is 7.65. The molecule has 0 aliphatic carbocycles. The molecule has 0 atom stereocenters. The van der Waals surface area contributed by atoms with Crippen LogP contribution in [0.4, 0.5) is 0 Å². The summed E-state index contributed by atoms with van der Waals surface area (Å²) in [6, 6.07) is 0. The van der Waals surface area contributed by atoms with Crippen LogP contribution in [0.15, 0.2) is 0 Å². The van der Waals surface area contributed by atoms with Gasteiger partial charge in [-0.2, -0.15) is 0 Å². The minimum Gasteiger partial charge on any atom is -0.333 e. The molecule has 60 valence electrons. The lowest BCUT2D eigenvalue weighted by Crippen LogP contribution is -1.93. The van der Waals surface area contributed by atoms with E-state index in [4.69, 9.17) is 0 Å². The number of hydrogen-bond acceptors (Lipinski definition) is 2. The average molecular weight is 134 g/mol. The molecule has 0 heterocycles. The fraction of sp³-hybridized carbons (Fsp3) is 1.00. The van der Waals surface area contributed by atoms with Crippen molar-refractivity contribution >= 4 is 0 Å². The van der Waals surface area contributed by atoms with Crippen molar-refractivity contribution in [1.29, 1.82) is 0 Å². The molecule has 0 radical (unpaired) electrons. The minimum absolute atomic E-state index is 0.500. The molecule has 0 aromatic carbocycles. The van der Waals surface area contributed by atoms with Gasteiger partial charge in [0, 0.05) is 0 Å². The molecule has 0 aromatic heterocycles. The van der Waals surface area contributed by atoms with Crippen LogP contribution in [0.5, 0.6) is 0 Å². The van der Waals surface area contributed by atoms with Gasteiger partial charge in [-0.1, -0.05) is 27.7 Å². The van der Waals surface area contributed by atoms with Crippen molar-refractivity contribution < 1.29 is 0 Å². The van der Waals surface area contributed by atoms with E-state index in [1.54, 1.807) is 0 Å². The van der Waals surface area contributed by atoms with Crippen LogP contribution in [0.2, 0.25) is 0 Å². The van der Waals surface area contributed by atoms with E-state index in [9.17, 15) is 0 Å². The van der Waals surface area contributed by atoms with E-state index >= 15 is 0 Å². The third-order valence-corrected chi connectivity index (χ3v) is 0. The Morgan fingerprint density at radius 3 is 0.667 bits per heavy atom. The summed E-state index contributed by atoms with van der Waals surface area (Å²) < 4.78 is 0. The summed E-state index contributed by atoms with van der Waals surface area (Å²) in [6.45, 7) is 8.75. The zero-order valence-corrected chi connectivity index (χ0v) is 7.65. The largest absolute Gasteiger partial charge is 0.333 e. The molecule has 0 saturated carbocycles. The van der Waals surface area contributed by atoms with Crippen LogP contribution >= 0.6 is 0 Å². The van der Waals surface area contributed by atoms with Gasteiger partial charge in [0.1, 0.15) is 0 Å². The molecule has 9 heavy (non-hydrogen) atoms. The zero-order chi connectivity index (χ0) is 8.50. The summed E-state index contributed by atoms with van der Waals surface area (Å²) in [6.07, 6.45) is 0. The van der Waals surface area contributed by atoms with E-state index < -0.39 is 0 Å². The first kappa shape index (κ1) is 16.0. The summed E-state index contributed by atoms with van der Waals surface area (Å²) in [7, 11) is 3.00. The standard InChI is InChI=1S/C5H12.2CH5N/c1-5(2,3)4;2*1-2/h1-4H3;2*2H2,1H3. The molecular formula is C7H22N2. The van der Waals surface area contributed by atoms with Gasteiger partial charge in [-0.05, 0) is 19.5 Å². The first-order valence-electron chi connectivity index (χ1n) is 3.15. The lowest BCUT2D eigenvalue weighted by Gasteiger charge is -2.05. The third-order valence-electron chi connectivity index (χ3n) is 0. The maximum absolute atomic E-state index is 4.50. The van der Waals surface area contributed by atoms with Crippen molar-refractivity contribution in [3.63, 3.8) is 0 Å². The second kappa shape index (κ2) is 10.8. The van der Waals surface area contributed by atoms with E-state index in [1.807, 2.05) is 0 Å². The van der Waals surface area contributed by atoms with E-state index in [2.05, 4.69) is 39.2 Å². The first-order valence-corrected chi connectivity index (χ1v) is 3.15. The Bertz CT molecular complexity index is 22.4. The Balaban J connectivity index is -0.0000000771. The molecule has 0 spiro atoms. The van der Waals surface area contributed by atoms with Crippen LogP contribution in [0, 0.1) is 5.41 Å². The molecule has 0 rings (SSSR count). The minimum atomic E-state index is 0.500. The summed E-state index contributed by atoms with van der Waals surface area (Å²) in [4.78, 5) is 0. The molecule has 2 heteroatoms. The van der Waals surface area contributed by atoms with E-state index in [0.29, 0.717) is 5.41 Å². The summed E-state index contributed by atoms with van der Waals surface area (Å²) >= 11 is 0. The highest BCUT2D eigenvalue weighted by Crippen LogP contribution is 2.07. The number of nitrogens with two attached hydrogens (primary N) is 2. The molecule has 0 bridgehead atoms. The smallest absolute Gasteiger partial charge is 0.0195 e. The maximum atomic E-state index is 4.50. The molecule has 4 N–H and O–H groups in total. The van der Waals surface area contributed by atoms with Crippen LogP contribution < -0.4 is 11.5 Å². The Kier molecular flexibility index (Phi) is 19.2. The van der Waals surface area contributed by atoms with Gasteiger partial charge in [0.15, 0.2) is 0 Å². The molecule has 0 aliphatic rings. The Hall–Kier alpha value is -0.0800. The number of hydrogen-bond donors (Lipinski definition) is 2. The maximum Gasteiger partial charge on any atom is -0.0195 e. The van der Waals surface area contributed by atoms with Gasteiger partial charge >= 0.3 is 0 Å². The molecule has 0 fully saturated rings. The first-order chi connectivity index (χ1) is 4.00. The van der Waals surface area contributed by atoms with Crippen LogP contribution in [-0.2, 0) is 0 Å². The van der Waals surface area contributed by atoms with Gasteiger partial charge in [0.2, 0.25) is 0 Å². The molecule has 0 amide bonds. The molecule has 2 nitrogen and oxygen atoms in total. The van der Waals surface area contributed by atoms with Crippen molar-refractivity contribution in [1.82, 2.24) is 0 Å². The van der Waals surface area contributed by atoms with Crippen molar-refractivity contribution in [2.75, 3.05) is 14.1 Å². The Morgan fingerprint density at radius 1 is 0.667 bits per heavy atom. The second-order valence-corrected chi connectivity index (χ2v) is 3.00. The van der Waals surface area contributed by atoms with Crippen molar-refractivity contribution in [2.45, 2.75) is 27.7 Å². The molecule has 0 saturated heterocycles. The monoisotopic (exact) mass is 134 g/mol. The molecule has 0 aromatic rings. The Morgan fingerprint density at radius 2 is 0.667 bits per heavy atom. The summed E-state index contributed by atoms with van der Waals surface area (Å²) in [5.74, 6) is 0. The van der Waals surface area contributed by atoms with Crippen molar-refractivity contribution in [3.8, 4) is 0 Å². The van der Waals surface area contributed by atoms with Gasteiger partial charge in [-0.15, -0.1) is 0 Å². The van der Waals surface area contributed by atoms with Gasteiger partial charge in [-0.3, -0.25) is 0 Å². The average Bonchev–Trinajstić information content (AvgIpc) is 1.72. The molecule has 0 aliphatic heterocycles. The van der Waals surface area contributed by atoms with Crippen LogP contribution in [0.1, 0.15) is 27.7 Å². The highest BCUT2D eigenvalue weighted by atomic mass is 14.4. The van der Waals surface area contributed by atoms with Crippen molar-refractivity contribution in [3.05, 3.63) is 0 Å². The van der Waals surface area contributed by atoms with E-state index in [1.165, 1.54) is 14.1 Å². The quantitative estimate of drug-likeness (QED) is 0.523. The number of rotatable bonds is 0. The topological polar surface area (TPSA) is 52.0 Å². The molecule has 0 unspecified atom stereocenters. The molecular weight excluding hydrogens is 112 g/mol. The fourth-order valence-corrected chi connectivity index (χ4v) is 0. The highest BCUT2D eigenvalue weighted by Gasteiger charge is 1.95.